The molecule has 6 heteroatoms. The summed E-state index contributed by atoms with van der Waals surface area (Å²) in [4.78, 5) is 37.9. The number of ether oxygens (including phenoxy) is 3. The number of hydrogen-bond donors (Lipinski definition) is 0. The molecule has 0 rings (SSSR count). The molecule has 0 aromatic rings. The zero-order valence-electron chi connectivity index (χ0n) is 50.6. The Morgan fingerprint density at radius 2 is 0.480 bits per heavy atom. The van der Waals surface area contributed by atoms with Crippen LogP contribution in [0.2, 0.25) is 0 Å². The van der Waals surface area contributed by atoms with Crippen molar-refractivity contribution in [2.24, 2.45) is 0 Å². The molecule has 0 N–H and O–H groups in total. The van der Waals surface area contributed by atoms with E-state index in [1.165, 1.54) is 257 Å². The molecule has 0 aliphatic heterocycles. The van der Waals surface area contributed by atoms with Gasteiger partial charge in [0.25, 0.3) is 0 Å². The van der Waals surface area contributed by atoms with Crippen LogP contribution in [0.5, 0.6) is 0 Å². The molecule has 0 aromatic carbocycles. The molecule has 0 aromatic heterocycles. The standard InChI is InChI=1S/C69H128O6/c1-4-7-10-13-15-17-19-21-23-25-27-29-30-31-32-33-34-35-36-37-38-40-41-43-45-47-49-51-53-56-59-62-68(71)74-65-66(64-73-67(70)61-58-55-12-9-6-3)75-69(72)63-60-57-54-52-50-48-46-44-42-39-28-26-24-22-20-18-16-14-11-8-5-2/h20,22,25-28,66H,4-19,21,23-24,29-65H2,1-3H3/b22-20-,27-25-,28-26-. The van der Waals surface area contributed by atoms with Crippen LogP contribution >= 0.6 is 0 Å². The summed E-state index contributed by atoms with van der Waals surface area (Å²) in [5, 5.41) is 0. The van der Waals surface area contributed by atoms with Gasteiger partial charge in [-0.3, -0.25) is 14.4 Å². The van der Waals surface area contributed by atoms with E-state index in [4.69, 9.17) is 14.2 Å². The minimum atomic E-state index is -0.769. The van der Waals surface area contributed by atoms with Crippen molar-refractivity contribution < 1.29 is 28.6 Å². The van der Waals surface area contributed by atoms with Gasteiger partial charge in [0.05, 0.1) is 0 Å². The quantitative estimate of drug-likeness (QED) is 0.0261. The van der Waals surface area contributed by atoms with Crippen molar-refractivity contribution >= 4 is 17.9 Å². The Labute approximate surface area is 467 Å². The van der Waals surface area contributed by atoms with Gasteiger partial charge in [0.2, 0.25) is 0 Å². The molecule has 0 bridgehead atoms. The number of carbonyl (C=O) groups excluding carboxylic acids is 3. The van der Waals surface area contributed by atoms with Crippen LogP contribution in [0.4, 0.5) is 0 Å². The molecule has 0 aliphatic carbocycles. The van der Waals surface area contributed by atoms with Crippen molar-refractivity contribution in [1.82, 2.24) is 0 Å². The van der Waals surface area contributed by atoms with E-state index in [9.17, 15) is 14.4 Å². The molecule has 0 radical (unpaired) electrons. The maximum absolute atomic E-state index is 12.8. The molecule has 0 saturated heterocycles. The van der Waals surface area contributed by atoms with E-state index < -0.39 is 6.10 Å². The lowest BCUT2D eigenvalue weighted by Crippen LogP contribution is -2.30. The molecule has 0 saturated carbocycles. The Kier molecular flexibility index (Phi) is 62.1. The molecule has 0 aliphatic rings. The lowest BCUT2D eigenvalue weighted by Gasteiger charge is -2.18. The highest BCUT2D eigenvalue weighted by Crippen LogP contribution is 2.18. The van der Waals surface area contributed by atoms with Gasteiger partial charge in [0.15, 0.2) is 6.10 Å². The third-order valence-electron chi connectivity index (χ3n) is 15.1. The minimum Gasteiger partial charge on any atom is -0.462 e. The number of hydrogen-bond acceptors (Lipinski definition) is 6. The highest BCUT2D eigenvalue weighted by atomic mass is 16.6. The first-order valence-electron chi connectivity index (χ1n) is 33.5. The Balaban J connectivity index is 3.93. The fourth-order valence-corrected chi connectivity index (χ4v) is 10.1. The van der Waals surface area contributed by atoms with Crippen LogP contribution in [0.15, 0.2) is 36.5 Å². The normalized spacial score (nSPS) is 12.2. The van der Waals surface area contributed by atoms with Crippen LogP contribution < -0.4 is 0 Å². The SMILES string of the molecule is CCCCCCC/C=C\C/C=C\CCCCCCCCCCCC(=O)OC(COC(=O)CCCCCCC)COC(=O)CCCCCCCCCCCCCCCCCCCCC/C=C\CCCCCCCCCC. The molecule has 1 atom stereocenters. The van der Waals surface area contributed by atoms with Crippen molar-refractivity contribution in [1.29, 1.82) is 0 Å². The van der Waals surface area contributed by atoms with Crippen LogP contribution in [-0.4, -0.2) is 37.2 Å². The maximum Gasteiger partial charge on any atom is 0.306 e. The molecular weight excluding hydrogens is 925 g/mol. The number of carbonyl (C=O) groups is 3. The minimum absolute atomic E-state index is 0.0701. The van der Waals surface area contributed by atoms with Crippen LogP contribution in [0.3, 0.4) is 0 Å². The molecule has 1 unspecified atom stereocenters. The van der Waals surface area contributed by atoms with Crippen LogP contribution in [-0.2, 0) is 28.6 Å². The van der Waals surface area contributed by atoms with Crippen LogP contribution in [0.25, 0.3) is 0 Å². The molecule has 6 nitrogen and oxygen atoms in total. The van der Waals surface area contributed by atoms with E-state index in [1.54, 1.807) is 0 Å². The number of unbranched alkanes of at least 4 members (excludes halogenated alkanes) is 45. The first kappa shape index (κ1) is 72.6. The fraction of sp³-hybridized carbons (Fsp3) is 0.870. The second-order valence-corrected chi connectivity index (χ2v) is 22.7. The van der Waals surface area contributed by atoms with Gasteiger partial charge in [0, 0.05) is 19.3 Å². The Bertz CT molecular complexity index is 1250. The summed E-state index contributed by atoms with van der Waals surface area (Å²) in [5.41, 5.74) is 0. The molecule has 0 amide bonds. The van der Waals surface area contributed by atoms with Gasteiger partial charge in [0.1, 0.15) is 13.2 Å². The molecule has 75 heavy (non-hydrogen) atoms. The average molecular weight is 1050 g/mol. The summed E-state index contributed by atoms with van der Waals surface area (Å²) in [7, 11) is 0. The molecule has 0 heterocycles. The smallest absolute Gasteiger partial charge is 0.306 e. The van der Waals surface area contributed by atoms with Gasteiger partial charge in [-0.1, -0.05) is 308 Å². The predicted molar refractivity (Wildman–Crippen MR) is 326 cm³/mol. The fourth-order valence-electron chi connectivity index (χ4n) is 10.1. The lowest BCUT2D eigenvalue weighted by molar-refractivity contribution is -0.167. The summed E-state index contributed by atoms with van der Waals surface area (Å²) in [6, 6.07) is 0. The van der Waals surface area contributed by atoms with Gasteiger partial charge in [-0.05, 0) is 77.0 Å². The van der Waals surface area contributed by atoms with E-state index >= 15 is 0 Å². The summed E-state index contributed by atoms with van der Waals surface area (Å²) in [6.45, 7) is 6.60. The van der Waals surface area contributed by atoms with Crippen molar-refractivity contribution in [3.63, 3.8) is 0 Å². The molecule has 0 spiro atoms. The van der Waals surface area contributed by atoms with E-state index in [-0.39, 0.29) is 31.1 Å². The van der Waals surface area contributed by atoms with E-state index in [2.05, 4.69) is 57.2 Å². The van der Waals surface area contributed by atoms with Gasteiger partial charge in [-0.15, -0.1) is 0 Å². The zero-order chi connectivity index (χ0) is 54.3. The van der Waals surface area contributed by atoms with Crippen LogP contribution in [0.1, 0.15) is 367 Å². The van der Waals surface area contributed by atoms with E-state index in [0.717, 1.165) is 70.6 Å². The summed E-state index contributed by atoms with van der Waals surface area (Å²) >= 11 is 0. The van der Waals surface area contributed by atoms with Gasteiger partial charge < -0.3 is 14.2 Å². The van der Waals surface area contributed by atoms with Crippen molar-refractivity contribution in [3.8, 4) is 0 Å². The Hall–Kier alpha value is -2.37. The van der Waals surface area contributed by atoms with E-state index in [1.807, 2.05) is 0 Å². The second-order valence-electron chi connectivity index (χ2n) is 22.7. The largest absolute Gasteiger partial charge is 0.462 e. The Morgan fingerprint density at radius 3 is 0.747 bits per heavy atom. The number of allylic oxidation sites excluding steroid dienone is 6. The predicted octanol–water partition coefficient (Wildman–Crippen LogP) is 22.8. The zero-order valence-corrected chi connectivity index (χ0v) is 50.6. The Morgan fingerprint density at radius 1 is 0.267 bits per heavy atom. The third kappa shape index (κ3) is 62.4. The maximum atomic E-state index is 12.8. The topological polar surface area (TPSA) is 78.9 Å². The highest BCUT2D eigenvalue weighted by Gasteiger charge is 2.19. The number of esters is 3. The second kappa shape index (κ2) is 64.2. The van der Waals surface area contributed by atoms with Gasteiger partial charge >= 0.3 is 17.9 Å². The molecule has 0 fully saturated rings. The van der Waals surface area contributed by atoms with Gasteiger partial charge in [-0.25, -0.2) is 0 Å². The number of rotatable bonds is 62. The van der Waals surface area contributed by atoms with Crippen molar-refractivity contribution in [3.05, 3.63) is 36.5 Å². The van der Waals surface area contributed by atoms with Crippen molar-refractivity contribution in [2.75, 3.05) is 13.2 Å². The first-order valence-corrected chi connectivity index (χ1v) is 33.5. The monoisotopic (exact) mass is 1050 g/mol. The first-order chi connectivity index (χ1) is 37.0. The summed E-state index contributed by atoms with van der Waals surface area (Å²) in [6.07, 6.45) is 79.4. The average Bonchev–Trinajstić information content (AvgIpc) is 3.41. The van der Waals surface area contributed by atoms with E-state index in [0.29, 0.717) is 19.3 Å². The summed E-state index contributed by atoms with van der Waals surface area (Å²) < 4.78 is 16.8. The summed E-state index contributed by atoms with van der Waals surface area (Å²) in [5.74, 6) is -0.868. The molecular formula is C69H128O6. The molecule has 440 valence electrons. The highest BCUT2D eigenvalue weighted by molar-refractivity contribution is 5.71. The van der Waals surface area contributed by atoms with Gasteiger partial charge in [-0.2, -0.15) is 0 Å². The van der Waals surface area contributed by atoms with Crippen molar-refractivity contribution in [2.45, 2.75) is 374 Å². The lowest BCUT2D eigenvalue weighted by atomic mass is 10.0. The third-order valence-corrected chi connectivity index (χ3v) is 15.1. The van der Waals surface area contributed by atoms with Crippen LogP contribution in [0, 0.1) is 0 Å².